The van der Waals surface area contributed by atoms with E-state index in [0.717, 1.165) is 11.1 Å². The molecule has 0 aliphatic heterocycles. The molecule has 9 heteroatoms. The lowest BCUT2D eigenvalue weighted by Crippen LogP contribution is -2.20. The molecule has 0 N–H and O–H groups in total. The summed E-state index contributed by atoms with van der Waals surface area (Å²) in [7, 11) is 1.82. The summed E-state index contributed by atoms with van der Waals surface area (Å²) < 4.78 is 38.8. The minimum absolute atomic E-state index is 0.000574. The van der Waals surface area contributed by atoms with E-state index in [1.165, 1.54) is 0 Å². The molecule has 0 spiro atoms. The Labute approximate surface area is 186 Å². The number of aryl methyl sites for hydroxylation is 1. The lowest BCUT2D eigenvalue weighted by atomic mass is 9.95. The molecule has 0 aliphatic carbocycles. The molecule has 0 saturated carbocycles. The zero-order chi connectivity index (χ0) is 23.3. The van der Waals surface area contributed by atoms with Crippen LogP contribution in [0.3, 0.4) is 0 Å². The molecular formula is C22H36N4O4S. The van der Waals surface area contributed by atoms with Gasteiger partial charge in [-0.15, -0.1) is 10.2 Å². The van der Waals surface area contributed by atoms with Crippen molar-refractivity contribution in [2.75, 3.05) is 40.3 Å². The van der Waals surface area contributed by atoms with Gasteiger partial charge < -0.3 is 14.4 Å². The number of sulfone groups is 1. The average Bonchev–Trinajstić information content (AvgIpc) is 3.11. The number of aromatic nitrogens is 3. The maximum absolute atomic E-state index is 13.1. The molecule has 0 radical (unpaired) electrons. The summed E-state index contributed by atoms with van der Waals surface area (Å²) in [5, 5.41) is 8.45. The molecule has 0 saturated heterocycles. The topological polar surface area (TPSA) is 86.5 Å². The maximum Gasteiger partial charge on any atom is 0.250 e. The predicted molar refractivity (Wildman–Crippen MR) is 122 cm³/mol. The summed E-state index contributed by atoms with van der Waals surface area (Å²) in [6.45, 7) is 10.9. The lowest BCUT2D eigenvalue weighted by molar-refractivity contribution is 0.0514. The van der Waals surface area contributed by atoms with Gasteiger partial charge in [-0.25, -0.2) is 8.42 Å². The van der Waals surface area contributed by atoms with Gasteiger partial charge in [-0.3, -0.25) is 4.57 Å². The van der Waals surface area contributed by atoms with Crippen molar-refractivity contribution in [2.45, 2.75) is 58.2 Å². The highest BCUT2D eigenvalue weighted by Gasteiger charge is 2.28. The van der Waals surface area contributed by atoms with Crippen LogP contribution in [0, 0.1) is 6.92 Å². The summed E-state index contributed by atoms with van der Waals surface area (Å²) in [5.74, 6) is 1.39. The van der Waals surface area contributed by atoms with Gasteiger partial charge in [0.15, 0.2) is 12.6 Å². The van der Waals surface area contributed by atoms with Crippen molar-refractivity contribution in [1.82, 2.24) is 19.7 Å². The van der Waals surface area contributed by atoms with Gasteiger partial charge in [-0.2, -0.15) is 0 Å². The highest BCUT2D eigenvalue weighted by atomic mass is 32.2. The highest BCUT2D eigenvalue weighted by Crippen LogP contribution is 2.36. The normalized spacial score (nSPS) is 12.4. The van der Waals surface area contributed by atoms with E-state index in [1.807, 2.05) is 51.9 Å². The van der Waals surface area contributed by atoms with Crippen LogP contribution in [-0.4, -0.2) is 68.4 Å². The Kier molecular flexibility index (Phi) is 8.62. The van der Waals surface area contributed by atoms with Gasteiger partial charge in [0.2, 0.25) is 15.0 Å². The molecule has 0 amide bonds. The Morgan fingerprint density at radius 2 is 1.81 bits per heavy atom. The van der Waals surface area contributed by atoms with Crippen LogP contribution >= 0.6 is 0 Å². The highest BCUT2D eigenvalue weighted by molar-refractivity contribution is 7.91. The quantitative estimate of drug-likeness (QED) is 0.481. The van der Waals surface area contributed by atoms with Crippen LogP contribution < -0.4 is 4.74 Å². The summed E-state index contributed by atoms with van der Waals surface area (Å²) in [5.41, 5.74) is 2.95. The minimum atomic E-state index is -3.59. The fraction of sp³-hybridized carbons (Fsp3) is 0.636. The molecule has 1 heterocycles. The van der Waals surface area contributed by atoms with E-state index in [0.29, 0.717) is 36.0 Å². The van der Waals surface area contributed by atoms with Gasteiger partial charge in [-0.1, -0.05) is 13.8 Å². The average molecular weight is 453 g/mol. The number of ether oxygens (including phenoxy) is 2. The number of rotatable bonds is 11. The summed E-state index contributed by atoms with van der Waals surface area (Å²) in [6.07, 6.45) is 0.528. The number of hydrogen-bond donors (Lipinski definition) is 0. The molecular weight excluding hydrogens is 416 g/mol. The molecule has 1 aromatic heterocycles. The first-order chi connectivity index (χ1) is 14.5. The molecule has 8 nitrogen and oxygen atoms in total. The van der Waals surface area contributed by atoms with Crippen molar-refractivity contribution in [3.8, 4) is 17.1 Å². The Hall–Kier alpha value is -1.97. The fourth-order valence-corrected chi connectivity index (χ4v) is 4.99. The van der Waals surface area contributed by atoms with Crippen LogP contribution in [0.25, 0.3) is 11.4 Å². The van der Waals surface area contributed by atoms with E-state index < -0.39 is 9.84 Å². The molecule has 0 fully saturated rings. The molecule has 0 unspecified atom stereocenters. The van der Waals surface area contributed by atoms with E-state index in [-0.39, 0.29) is 23.7 Å². The summed E-state index contributed by atoms with van der Waals surface area (Å²) in [6, 6.07) is 3.83. The number of hydrogen-bond acceptors (Lipinski definition) is 7. The van der Waals surface area contributed by atoms with Crippen LogP contribution in [-0.2, 0) is 14.6 Å². The first-order valence-electron chi connectivity index (χ1n) is 10.6. The monoisotopic (exact) mass is 452 g/mol. The minimum Gasteiger partial charge on any atom is -0.467 e. The molecule has 31 heavy (non-hydrogen) atoms. The Bertz CT molecular complexity index is 982. The van der Waals surface area contributed by atoms with E-state index in [4.69, 9.17) is 9.47 Å². The van der Waals surface area contributed by atoms with Gasteiger partial charge in [0, 0.05) is 13.2 Å². The Balaban J connectivity index is 2.62. The Morgan fingerprint density at radius 1 is 1.13 bits per heavy atom. The third kappa shape index (κ3) is 6.05. The van der Waals surface area contributed by atoms with Crippen LogP contribution in [0.2, 0.25) is 0 Å². The second-order valence-corrected chi connectivity index (χ2v) is 10.7. The van der Waals surface area contributed by atoms with E-state index in [1.54, 1.807) is 11.7 Å². The van der Waals surface area contributed by atoms with Crippen molar-refractivity contribution >= 4 is 9.84 Å². The van der Waals surface area contributed by atoms with Crippen LogP contribution in [0.4, 0.5) is 0 Å². The SMILES string of the molecule is COCOc1cc(C)c(C(C)C)cc1-c1nnc(S(=O)(=O)CCCN(C)C)n1C(C)C. The van der Waals surface area contributed by atoms with Crippen LogP contribution in [0.5, 0.6) is 5.75 Å². The van der Waals surface area contributed by atoms with Gasteiger partial charge >= 0.3 is 0 Å². The van der Waals surface area contributed by atoms with Gasteiger partial charge in [0.05, 0.1) is 11.3 Å². The molecule has 174 valence electrons. The lowest BCUT2D eigenvalue weighted by Gasteiger charge is -2.19. The molecule has 0 bridgehead atoms. The van der Waals surface area contributed by atoms with Crippen molar-refractivity contribution in [1.29, 1.82) is 0 Å². The number of nitrogens with zero attached hydrogens (tertiary/aromatic N) is 4. The van der Waals surface area contributed by atoms with E-state index >= 15 is 0 Å². The predicted octanol–water partition coefficient (Wildman–Crippen LogP) is 3.67. The standard InChI is InChI=1S/C22H36N4O4S/c1-15(2)18-13-19(20(12-17(18)5)30-14-29-8)21-23-24-22(26(21)16(3)4)31(27,28)11-9-10-25(6)7/h12-13,15-16H,9-11,14H2,1-8H3. The smallest absolute Gasteiger partial charge is 0.250 e. The largest absolute Gasteiger partial charge is 0.467 e. The first kappa shape index (κ1) is 25.3. The Morgan fingerprint density at radius 3 is 2.35 bits per heavy atom. The van der Waals surface area contributed by atoms with E-state index in [9.17, 15) is 8.42 Å². The van der Waals surface area contributed by atoms with Crippen LogP contribution in [0.15, 0.2) is 17.3 Å². The molecule has 0 aliphatic rings. The van der Waals surface area contributed by atoms with Gasteiger partial charge in [0.25, 0.3) is 0 Å². The fourth-order valence-electron chi connectivity index (χ4n) is 3.54. The van der Waals surface area contributed by atoms with Crippen LogP contribution in [0.1, 0.15) is 57.2 Å². The van der Waals surface area contributed by atoms with E-state index in [2.05, 4.69) is 24.0 Å². The van der Waals surface area contributed by atoms with Crippen molar-refractivity contribution in [2.24, 2.45) is 0 Å². The molecule has 2 aromatic rings. The maximum atomic E-state index is 13.1. The third-order valence-corrected chi connectivity index (χ3v) is 6.70. The second-order valence-electron chi connectivity index (χ2n) is 8.66. The third-order valence-electron chi connectivity index (χ3n) is 5.04. The first-order valence-corrected chi connectivity index (χ1v) is 12.2. The van der Waals surface area contributed by atoms with Crippen molar-refractivity contribution in [3.63, 3.8) is 0 Å². The molecule has 1 aromatic carbocycles. The zero-order valence-electron chi connectivity index (χ0n) is 20.0. The zero-order valence-corrected chi connectivity index (χ0v) is 20.8. The van der Waals surface area contributed by atoms with Gasteiger partial charge in [0.1, 0.15) is 5.75 Å². The summed E-state index contributed by atoms with van der Waals surface area (Å²) in [4.78, 5) is 1.97. The summed E-state index contributed by atoms with van der Waals surface area (Å²) >= 11 is 0. The molecule has 2 rings (SSSR count). The van der Waals surface area contributed by atoms with Crippen molar-refractivity contribution in [3.05, 3.63) is 23.3 Å². The van der Waals surface area contributed by atoms with Crippen molar-refractivity contribution < 1.29 is 17.9 Å². The second kappa shape index (κ2) is 10.6. The van der Waals surface area contributed by atoms with Gasteiger partial charge in [-0.05, 0) is 77.0 Å². The molecule has 0 atom stereocenters. The number of benzene rings is 1. The number of methoxy groups -OCH3 is 1.